The fourth-order valence-electron chi connectivity index (χ4n) is 2.66. The second kappa shape index (κ2) is 7.03. The Morgan fingerprint density at radius 1 is 1.00 bits per heavy atom. The fourth-order valence-corrected chi connectivity index (χ4v) is 2.66. The summed E-state index contributed by atoms with van der Waals surface area (Å²) < 4.78 is 29.5. The predicted octanol–water partition coefficient (Wildman–Crippen LogP) is 4.44. The van der Waals surface area contributed by atoms with Crippen LogP contribution in [0.25, 0.3) is 22.9 Å². The zero-order valence-electron chi connectivity index (χ0n) is 14.8. The van der Waals surface area contributed by atoms with Gasteiger partial charge in [0.25, 0.3) is 5.89 Å². The topological polar surface area (TPSA) is 74.2 Å². The summed E-state index contributed by atoms with van der Waals surface area (Å²) >= 11 is 0. The molecule has 0 N–H and O–H groups in total. The minimum atomic E-state index is -0.358. The van der Waals surface area contributed by atoms with Crippen LogP contribution in [0.1, 0.15) is 17.3 Å². The van der Waals surface area contributed by atoms with Gasteiger partial charge in [-0.15, -0.1) is 0 Å². The maximum Gasteiger partial charge on any atom is 0.258 e. The molecule has 0 unspecified atom stereocenters. The first-order valence-corrected chi connectivity index (χ1v) is 8.31. The molecular formula is C20H16FN3O3. The van der Waals surface area contributed by atoms with E-state index in [1.807, 2.05) is 31.2 Å². The highest BCUT2D eigenvalue weighted by Gasteiger charge is 2.16. The van der Waals surface area contributed by atoms with E-state index in [-0.39, 0.29) is 11.7 Å². The third-order valence-electron chi connectivity index (χ3n) is 4.09. The molecule has 2 aromatic heterocycles. The van der Waals surface area contributed by atoms with E-state index < -0.39 is 0 Å². The number of halogens is 1. The van der Waals surface area contributed by atoms with Gasteiger partial charge in [0.2, 0.25) is 5.89 Å². The van der Waals surface area contributed by atoms with Crippen molar-refractivity contribution in [2.24, 2.45) is 0 Å². The lowest BCUT2D eigenvalue weighted by Crippen LogP contribution is -1.93. The summed E-state index contributed by atoms with van der Waals surface area (Å²) in [6.07, 6.45) is 0.351. The van der Waals surface area contributed by atoms with Crippen molar-refractivity contribution < 1.29 is 18.1 Å². The predicted molar refractivity (Wildman–Crippen MR) is 95.7 cm³/mol. The molecule has 7 heteroatoms. The highest BCUT2D eigenvalue weighted by Crippen LogP contribution is 2.25. The van der Waals surface area contributed by atoms with Crippen molar-refractivity contribution in [1.29, 1.82) is 0 Å². The Bertz CT molecular complexity index is 1070. The molecule has 0 atom stereocenters. The Balaban J connectivity index is 1.56. The summed E-state index contributed by atoms with van der Waals surface area (Å²) in [6.45, 7) is 1.84. The van der Waals surface area contributed by atoms with Crippen molar-refractivity contribution in [2.45, 2.75) is 13.3 Å². The molecule has 0 spiro atoms. The van der Waals surface area contributed by atoms with E-state index in [2.05, 4.69) is 15.1 Å². The number of aryl methyl sites for hydroxylation is 1. The molecule has 6 nitrogen and oxygen atoms in total. The van der Waals surface area contributed by atoms with E-state index in [4.69, 9.17) is 13.7 Å². The zero-order valence-corrected chi connectivity index (χ0v) is 14.8. The van der Waals surface area contributed by atoms with E-state index in [1.165, 1.54) is 12.1 Å². The molecule has 0 saturated heterocycles. The van der Waals surface area contributed by atoms with Crippen LogP contribution in [0, 0.1) is 12.7 Å². The molecule has 136 valence electrons. The van der Waals surface area contributed by atoms with Gasteiger partial charge in [0, 0.05) is 11.1 Å². The van der Waals surface area contributed by atoms with Crippen LogP contribution in [0.2, 0.25) is 0 Å². The van der Waals surface area contributed by atoms with Crippen molar-refractivity contribution >= 4 is 0 Å². The quantitative estimate of drug-likeness (QED) is 0.521. The zero-order chi connectivity index (χ0) is 18.8. The summed E-state index contributed by atoms with van der Waals surface area (Å²) in [7, 11) is 1.62. The van der Waals surface area contributed by atoms with Crippen LogP contribution in [0.15, 0.2) is 57.5 Å². The van der Waals surface area contributed by atoms with Crippen LogP contribution >= 0.6 is 0 Å². The van der Waals surface area contributed by atoms with Crippen molar-refractivity contribution in [2.75, 3.05) is 7.11 Å². The molecule has 4 aromatic rings. The molecular weight excluding hydrogens is 349 g/mol. The lowest BCUT2D eigenvalue weighted by Gasteiger charge is -1.99. The number of nitrogens with zero attached hydrogens (tertiary/aromatic N) is 3. The number of hydrogen-bond acceptors (Lipinski definition) is 6. The van der Waals surface area contributed by atoms with Gasteiger partial charge < -0.3 is 13.7 Å². The van der Waals surface area contributed by atoms with Crippen molar-refractivity contribution in [3.8, 4) is 28.7 Å². The fraction of sp³-hybridized carbons (Fsp3) is 0.150. The molecule has 0 aliphatic rings. The smallest absolute Gasteiger partial charge is 0.258 e. The van der Waals surface area contributed by atoms with Gasteiger partial charge in [-0.3, -0.25) is 0 Å². The molecule has 0 amide bonds. The van der Waals surface area contributed by atoms with Crippen molar-refractivity contribution in [3.63, 3.8) is 0 Å². The Kier molecular flexibility index (Phi) is 4.42. The largest absolute Gasteiger partial charge is 0.497 e. The summed E-state index contributed by atoms with van der Waals surface area (Å²) in [5.41, 5.74) is 2.09. The van der Waals surface area contributed by atoms with Gasteiger partial charge in [0.05, 0.1) is 19.2 Å². The van der Waals surface area contributed by atoms with E-state index in [9.17, 15) is 4.39 Å². The molecule has 0 radical (unpaired) electrons. The first-order chi connectivity index (χ1) is 13.1. The summed E-state index contributed by atoms with van der Waals surface area (Å²) in [6, 6.07) is 13.5. The van der Waals surface area contributed by atoms with E-state index in [1.54, 1.807) is 19.2 Å². The normalized spacial score (nSPS) is 10.9. The molecule has 0 fully saturated rings. The van der Waals surface area contributed by atoms with Crippen molar-refractivity contribution in [1.82, 2.24) is 15.1 Å². The second-order valence-corrected chi connectivity index (χ2v) is 5.95. The minimum Gasteiger partial charge on any atom is -0.497 e. The molecule has 2 heterocycles. The minimum absolute atomic E-state index is 0.265. The Labute approximate surface area is 154 Å². The number of oxazole rings is 1. The molecule has 4 rings (SSSR count). The van der Waals surface area contributed by atoms with Gasteiger partial charge in [-0.2, -0.15) is 4.98 Å². The lowest BCUT2D eigenvalue weighted by molar-refractivity contribution is 0.415. The van der Waals surface area contributed by atoms with Crippen LogP contribution in [0.3, 0.4) is 0 Å². The average molecular weight is 365 g/mol. The average Bonchev–Trinajstić information content (AvgIpc) is 3.29. The molecule has 0 aliphatic heterocycles. The number of aromatic nitrogens is 3. The third kappa shape index (κ3) is 3.57. The SMILES string of the molecule is COc1ccc(-c2nc(Cc3noc(-c4cccc(F)c4)n3)c(C)o2)cc1. The number of methoxy groups -OCH3 is 1. The van der Waals surface area contributed by atoms with Gasteiger partial charge in [-0.05, 0) is 49.4 Å². The van der Waals surface area contributed by atoms with E-state index in [0.29, 0.717) is 35.2 Å². The summed E-state index contributed by atoms with van der Waals surface area (Å²) in [4.78, 5) is 8.86. The van der Waals surface area contributed by atoms with Gasteiger partial charge in [0.1, 0.15) is 17.3 Å². The van der Waals surface area contributed by atoms with E-state index >= 15 is 0 Å². The summed E-state index contributed by atoms with van der Waals surface area (Å²) in [5, 5.41) is 3.96. The molecule has 0 saturated carbocycles. The molecule has 0 bridgehead atoms. The molecule has 2 aromatic carbocycles. The van der Waals surface area contributed by atoms with Gasteiger partial charge >= 0.3 is 0 Å². The highest BCUT2D eigenvalue weighted by molar-refractivity contribution is 5.55. The standard InChI is InChI=1S/C20H16FN3O3/c1-12-17(22-19(26-12)13-6-8-16(25-2)9-7-13)11-18-23-20(27-24-18)14-4-3-5-15(21)10-14/h3-10H,11H2,1-2H3. The molecule has 0 aliphatic carbocycles. The maximum absolute atomic E-state index is 13.4. The van der Waals surface area contributed by atoms with Crippen LogP contribution in [0.4, 0.5) is 4.39 Å². The van der Waals surface area contributed by atoms with E-state index in [0.717, 1.165) is 11.3 Å². The van der Waals surface area contributed by atoms with Crippen LogP contribution < -0.4 is 4.74 Å². The van der Waals surface area contributed by atoms with Crippen LogP contribution in [-0.4, -0.2) is 22.2 Å². The third-order valence-corrected chi connectivity index (χ3v) is 4.09. The number of rotatable bonds is 5. The Morgan fingerprint density at radius 2 is 1.81 bits per heavy atom. The Morgan fingerprint density at radius 3 is 2.56 bits per heavy atom. The number of hydrogen-bond donors (Lipinski definition) is 0. The second-order valence-electron chi connectivity index (χ2n) is 5.95. The van der Waals surface area contributed by atoms with Crippen LogP contribution in [-0.2, 0) is 6.42 Å². The Hall–Kier alpha value is -3.48. The molecule has 27 heavy (non-hydrogen) atoms. The van der Waals surface area contributed by atoms with Gasteiger partial charge in [-0.25, -0.2) is 9.37 Å². The van der Waals surface area contributed by atoms with Crippen molar-refractivity contribution in [3.05, 3.63) is 71.6 Å². The summed E-state index contributed by atoms with van der Waals surface area (Å²) in [5.74, 6) is 2.31. The highest BCUT2D eigenvalue weighted by atomic mass is 19.1. The van der Waals surface area contributed by atoms with Crippen LogP contribution in [0.5, 0.6) is 5.75 Å². The monoisotopic (exact) mass is 365 g/mol. The number of benzene rings is 2. The first-order valence-electron chi connectivity index (χ1n) is 8.31. The van der Waals surface area contributed by atoms with Gasteiger partial charge in [-0.1, -0.05) is 11.2 Å². The first kappa shape index (κ1) is 17.0. The maximum atomic E-state index is 13.4. The van der Waals surface area contributed by atoms with Gasteiger partial charge in [0.15, 0.2) is 5.82 Å². The lowest BCUT2D eigenvalue weighted by atomic mass is 10.2. The number of ether oxygens (including phenoxy) is 1.